The molecule has 0 bridgehead atoms. The molecule has 5 nitrogen and oxygen atoms in total. The molecule has 1 N–H and O–H groups in total. The van der Waals surface area contributed by atoms with Crippen molar-refractivity contribution in [2.75, 3.05) is 6.54 Å². The van der Waals surface area contributed by atoms with Crippen molar-refractivity contribution in [2.24, 2.45) is 5.92 Å². The van der Waals surface area contributed by atoms with Gasteiger partial charge >= 0.3 is 5.97 Å². The zero-order valence-corrected chi connectivity index (χ0v) is 11.0. The number of carbonyl (C=O) groups excluding carboxylic acids is 1. The number of carbonyl (C=O) groups is 2. The number of rotatable bonds is 3. The Bertz CT molecular complexity index is 461. The first-order valence-corrected chi connectivity index (χ1v) is 6.50. The van der Waals surface area contributed by atoms with Gasteiger partial charge in [-0.1, -0.05) is 13.0 Å². The highest BCUT2D eigenvalue weighted by molar-refractivity contribution is 5.85. The fraction of sp³-hybridized carbons (Fsp3) is 0.500. The molecule has 1 fully saturated rings. The number of aliphatic carboxylic acids is 1. The number of likely N-dealkylation sites (tertiary alicyclic amines) is 1. The summed E-state index contributed by atoms with van der Waals surface area (Å²) in [5, 5.41) is 9.23. The van der Waals surface area contributed by atoms with Crippen molar-refractivity contribution in [3.63, 3.8) is 0 Å². The Morgan fingerprint density at radius 2 is 2.26 bits per heavy atom. The second kappa shape index (κ2) is 5.82. The van der Waals surface area contributed by atoms with Crippen LogP contribution in [0.3, 0.4) is 0 Å². The molecule has 1 aromatic heterocycles. The highest BCUT2D eigenvalue weighted by Crippen LogP contribution is 2.23. The van der Waals surface area contributed by atoms with Gasteiger partial charge in [0.2, 0.25) is 5.91 Å². The summed E-state index contributed by atoms with van der Waals surface area (Å²) in [7, 11) is 0. The second-order valence-electron chi connectivity index (χ2n) is 5.07. The van der Waals surface area contributed by atoms with E-state index in [0.717, 1.165) is 6.42 Å². The van der Waals surface area contributed by atoms with Crippen LogP contribution < -0.4 is 0 Å². The zero-order chi connectivity index (χ0) is 13.8. The molecule has 0 spiro atoms. The molecule has 0 aromatic carbocycles. The quantitative estimate of drug-likeness (QED) is 0.892. The first-order valence-electron chi connectivity index (χ1n) is 6.50. The van der Waals surface area contributed by atoms with Crippen LogP contribution in [0, 0.1) is 5.92 Å². The summed E-state index contributed by atoms with van der Waals surface area (Å²) >= 11 is 0. The third-order valence-corrected chi connectivity index (χ3v) is 3.53. The standard InChI is InChI=1S/C14H18N2O3/c1-10-5-7-16(12(8-10)14(18)19)13(17)9-11-4-2-3-6-15-11/h2-4,6,10,12H,5,7-9H2,1H3,(H,18,19). The van der Waals surface area contributed by atoms with E-state index in [2.05, 4.69) is 4.98 Å². The normalized spacial score (nSPS) is 23.1. The van der Waals surface area contributed by atoms with Gasteiger partial charge in [0.25, 0.3) is 0 Å². The average molecular weight is 262 g/mol. The van der Waals surface area contributed by atoms with Gasteiger partial charge in [-0.2, -0.15) is 0 Å². The second-order valence-corrected chi connectivity index (χ2v) is 5.07. The Hall–Kier alpha value is -1.91. The topological polar surface area (TPSA) is 70.5 Å². The average Bonchev–Trinajstić information content (AvgIpc) is 2.39. The fourth-order valence-electron chi connectivity index (χ4n) is 2.43. The smallest absolute Gasteiger partial charge is 0.326 e. The molecule has 0 radical (unpaired) electrons. The predicted molar refractivity (Wildman–Crippen MR) is 69.5 cm³/mol. The van der Waals surface area contributed by atoms with E-state index in [4.69, 9.17) is 0 Å². The summed E-state index contributed by atoms with van der Waals surface area (Å²) in [6.07, 6.45) is 3.19. The summed E-state index contributed by atoms with van der Waals surface area (Å²) in [6, 6.07) is 4.69. The maximum atomic E-state index is 12.2. The van der Waals surface area contributed by atoms with E-state index < -0.39 is 12.0 Å². The van der Waals surface area contributed by atoms with Gasteiger partial charge in [-0.3, -0.25) is 9.78 Å². The summed E-state index contributed by atoms with van der Waals surface area (Å²) < 4.78 is 0. The minimum Gasteiger partial charge on any atom is -0.480 e. The van der Waals surface area contributed by atoms with Crippen LogP contribution in [0.2, 0.25) is 0 Å². The highest BCUT2D eigenvalue weighted by Gasteiger charge is 2.34. The van der Waals surface area contributed by atoms with E-state index in [1.807, 2.05) is 13.0 Å². The summed E-state index contributed by atoms with van der Waals surface area (Å²) in [5.41, 5.74) is 0.676. The van der Waals surface area contributed by atoms with E-state index >= 15 is 0 Å². The number of piperidine rings is 1. The molecule has 0 saturated carbocycles. The number of hydrogen-bond donors (Lipinski definition) is 1. The maximum Gasteiger partial charge on any atom is 0.326 e. The molecular formula is C14H18N2O3. The van der Waals surface area contributed by atoms with E-state index in [-0.39, 0.29) is 12.3 Å². The molecule has 1 aliphatic heterocycles. The van der Waals surface area contributed by atoms with Crippen molar-refractivity contribution in [1.29, 1.82) is 0 Å². The van der Waals surface area contributed by atoms with Crippen LogP contribution in [0.25, 0.3) is 0 Å². The summed E-state index contributed by atoms with van der Waals surface area (Å²) in [5.74, 6) is -0.723. The lowest BCUT2D eigenvalue weighted by molar-refractivity contribution is -0.152. The number of hydrogen-bond acceptors (Lipinski definition) is 3. The lowest BCUT2D eigenvalue weighted by Crippen LogP contribution is -2.50. The number of carboxylic acids is 1. The molecule has 19 heavy (non-hydrogen) atoms. The van der Waals surface area contributed by atoms with Gasteiger partial charge in [-0.15, -0.1) is 0 Å². The third-order valence-electron chi connectivity index (χ3n) is 3.53. The molecule has 2 heterocycles. The van der Waals surface area contributed by atoms with Crippen molar-refractivity contribution in [3.8, 4) is 0 Å². The zero-order valence-electron chi connectivity index (χ0n) is 11.0. The van der Waals surface area contributed by atoms with Crippen LogP contribution in [0.15, 0.2) is 24.4 Å². The van der Waals surface area contributed by atoms with Crippen LogP contribution in [-0.2, 0) is 16.0 Å². The fourth-order valence-corrected chi connectivity index (χ4v) is 2.43. The van der Waals surface area contributed by atoms with Crippen LogP contribution in [0.5, 0.6) is 0 Å². The van der Waals surface area contributed by atoms with Gasteiger partial charge in [-0.25, -0.2) is 4.79 Å². The van der Waals surface area contributed by atoms with Gasteiger partial charge in [0.05, 0.1) is 6.42 Å². The van der Waals surface area contributed by atoms with Crippen LogP contribution in [-0.4, -0.2) is 39.5 Å². The lowest BCUT2D eigenvalue weighted by atomic mass is 9.92. The number of pyridine rings is 1. The third kappa shape index (κ3) is 3.30. The van der Waals surface area contributed by atoms with E-state index in [9.17, 15) is 14.7 Å². The van der Waals surface area contributed by atoms with Crippen LogP contribution >= 0.6 is 0 Å². The van der Waals surface area contributed by atoms with Gasteiger partial charge in [0.15, 0.2) is 0 Å². The van der Waals surface area contributed by atoms with Gasteiger partial charge < -0.3 is 10.0 Å². The Kier molecular flexibility index (Phi) is 4.14. The molecule has 0 aliphatic carbocycles. The Morgan fingerprint density at radius 1 is 1.47 bits per heavy atom. The van der Waals surface area contributed by atoms with Crippen LogP contribution in [0.1, 0.15) is 25.5 Å². The molecule has 1 amide bonds. The van der Waals surface area contributed by atoms with Crippen molar-refractivity contribution in [1.82, 2.24) is 9.88 Å². The van der Waals surface area contributed by atoms with E-state index in [1.165, 1.54) is 4.90 Å². The molecule has 102 valence electrons. The largest absolute Gasteiger partial charge is 0.480 e. The molecule has 1 aliphatic rings. The molecule has 5 heteroatoms. The highest BCUT2D eigenvalue weighted by atomic mass is 16.4. The Morgan fingerprint density at radius 3 is 2.89 bits per heavy atom. The van der Waals surface area contributed by atoms with Crippen molar-refractivity contribution >= 4 is 11.9 Å². The number of nitrogens with zero attached hydrogens (tertiary/aromatic N) is 2. The van der Waals surface area contributed by atoms with Crippen molar-refractivity contribution < 1.29 is 14.7 Å². The van der Waals surface area contributed by atoms with Crippen LogP contribution in [0.4, 0.5) is 0 Å². The van der Waals surface area contributed by atoms with Gasteiger partial charge in [0, 0.05) is 18.4 Å². The Balaban J connectivity index is 2.06. The first kappa shape index (κ1) is 13.5. The lowest BCUT2D eigenvalue weighted by Gasteiger charge is -2.36. The molecular weight excluding hydrogens is 244 g/mol. The maximum absolute atomic E-state index is 12.2. The minimum atomic E-state index is -0.916. The molecule has 1 saturated heterocycles. The monoisotopic (exact) mass is 262 g/mol. The van der Waals surface area contributed by atoms with Gasteiger partial charge in [-0.05, 0) is 30.9 Å². The first-order chi connectivity index (χ1) is 9.08. The molecule has 2 atom stereocenters. The van der Waals surface area contributed by atoms with E-state index in [1.54, 1.807) is 18.3 Å². The van der Waals surface area contributed by atoms with Crippen molar-refractivity contribution in [3.05, 3.63) is 30.1 Å². The summed E-state index contributed by atoms with van der Waals surface area (Å²) in [4.78, 5) is 29.1. The molecule has 1 aromatic rings. The molecule has 2 rings (SSSR count). The number of carboxylic acid groups (broad SMARTS) is 1. The predicted octanol–water partition coefficient (Wildman–Crippen LogP) is 1.34. The Labute approximate surface area is 112 Å². The summed E-state index contributed by atoms with van der Waals surface area (Å²) in [6.45, 7) is 2.54. The number of amides is 1. The minimum absolute atomic E-state index is 0.155. The number of aromatic nitrogens is 1. The SMILES string of the molecule is CC1CCN(C(=O)Cc2ccccn2)C(C(=O)O)C1. The van der Waals surface area contributed by atoms with Gasteiger partial charge in [0.1, 0.15) is 6.04 Å². The molecule has 2 unspecified atom stereocenters. The van der Waals surface area contributed by atoms with Crippen molar-refractivity contribution in [2.45, 2.75) is 32.2 Å². The van der Waals surface area contributed by atoms with E-state index in [0.29, 0.717) is 24.6 Å².